The van der Waals surface area contributed by atoms with Crippen LogP contribution in [0, 0.1) is 0 Å². The maximum Gasteiger partial charge on any atom is 0.433 e. The number of rotatable bonds is 5. The molecule has 0 spiro atoms. The van der Waals surface area contributed by atoms with E-state index in [4.69, 9.17) is 4.42 Å². The zero-order valence-electron chi connectivity index (χ0n) is 18.0. The van der Waals surface area contributed by atoms with Gasteiger partial charge in [-0.1, -0.05) is 0 Å². The fourth-order valence-electron chi connectivity index (χ4n) is 3.25. The van der Waals surface area contributed by atoms with Crippen molar-refractivity contribution in [2.45, 2.75) is 6.18 Å². The van der Waals surface area contributed by atoms with Gasteiger partial charge in [0.25, 0.3) is 5.91 Å². The molecule has 1 amide bonds. The fourth-order valence-corrected chi connectivity index (χ4v) is 3.25. The average molecular weight is 488 g/mol. The summed E-state index contributed by atoms with van der Waals surface area (Å²) in [5.74, 6) is -2.46. The Labute approximate surface area is 194 Å². The molecule has 0 saturated carbocycles. The molecular weight excluding hydrogens is 473 g/mol. The van der Waals surface area contributed by atoms with Crippen LogP contribution in [0.1, 0.15) is 36.8 Å². The molecule has 35 heavy (non-hydrogen) atoms. The van der Waals surface area contributed by atoms with Crippen LogP contribution in [-0.4, -0.2) is 46.7 Å². The second-order valence-corrected chi connectivity index (χ2v) is 6.99. The highest BCUT2D eigenvalue weighted by Crippen LogP contribution is 2.33. The molecule has 10 nitrogen and oxygen atoms in total. The summed E-state index contributed by atoms with van der Waals surface area (Å²) in [5.41, 5.74) is -2.33. The molecule has 1 aromatic carbocycles. The summed E-state index contributed by atoms with van der Waals surface area (Å²) >= 11 is 0. The lowest BCUT2D eigenvalue weighted by Crippen LogP contribution is -2.18. The summed E-state index contributed by atoms with van der Waals surface area (Å²) in [6.07, 6.45) is -2.66. The number of benzene rings is 1. The van der Waals surface area contributed by atoms with E-state index in [0.717, 1.165) is 26.5 Å². The van der Waals surface area contributed by atoms with Crippen LogP contribution in [-0.2, 0) is 15.7 Å². The SMILES string of the molecule is COC(=O)c1ccc(C(=O)OC)c(NC(=O)c2cnn3c(C(F)(F)F)cc(-c4ccco4)nc23)c1. The third-order valence-corrected chi connectivity index (χ3v) is 4.87. The van der Waals surface area contributed by atoms with Gasteiger partial charge in [0.1, 0.15) is 11.3 Å². The van der Waals surface area contributed by atoms with Crippen LogP contribution in [0.2, 0.25) is 0 Å². The van der Waals surface area contributed by atoms with Gasteiger partial charge in [0.05, 0.1) is 43.5 Å². The van der Waals surface area contributed by atoms with Crippen molar-refractivity contribution in [1.82, 2.24) is 14.6 Å². The standard InChI is InChI=1S/C22H15F3N4O6/c1-33-20(31)11-5-6-12(21(32)34-2)14(8-11)28-19(30)13-10-26-29-17(22(23,24)25)9-15(27-18(13)29)16-4-3-7-35-16/h3-10H,1-2H3,(H,28,30). The van der Waals surface area contributed by atoms with Gasteiger partial charge in [-0.05, 0) is 36.4 Å². The Hall–Kier alpha value is -4.68. The van der Waals surface area contributed by atoms with Crippen molar-refractivity contribution < 1.29 is 41.4 Å². The molecule has 0 aliphatic heterocycles. The number of nitrogens with zero attached hydrogens (tertiary/aromatic N) is 3. The third kappa shape index (κ3) is 4.43. The maximum atomic E-state index is 13.7. The Morgan fingerprint density at radius 1 is 1.03 bits per heavy atom. The minimum absolute atomic E-state index is 0.00732. The monoisotopic (exact) mass is 488 g/mol. The van der Waals surface area contributed by atoms with Gasteiger partial charge >= 0.3 is 18.1 Å². The number of furan rings is 1. The minimum atomic E-state index is -4.82. The second kappa shape index (κ2) is 8.93. The molecule has 0 bridgehead atoms. The molecule has 4 aromatic rings. The highest BCUT2D eigenvalue weighted by atomic mass is 19.4. The Morgan fingerprint density at radius 3 is 2.40 bits per heavy atom. The molecule has 0 radical (unpaired) electrons. The van der Waals surface area contributed by atoms with Gasteiger partial charge in [0, 0.05) is 0 Å². The normalized spacial score (nSPS) is 11.3. The predicted molar refractivity (Wildman–Crippen MR) is 113 cm³/mol. The summed E-state index contributed by atoms with van der Waals surface area (Å²) in [4.78, 5) is 41.3. The first-order valence-corrected chi connectivity index (χ1v) is 9.76. The van der Waals surface area contributed by atoms with Crippen molar-refractivity contribution >= 4 is 29.2 Å². The molecule has 0 aliphatic carbocycles. The number of carbonyl (C=O) groups is 3. The number of amides is 1. The number of hydrogen-bond acceptors (Lipinski definition) is 8. The largest absolute Gasteiger partial charge is 0.465 e. The number of alkyl halides is 3. The lowest BCUT2D eigenvalue weighted by molar-refractivity contribution is -0.142. The molecule has 0 unspecified atom stereocenters. The Balaban J connectivity index is 1.82. The second-order valence-electron chi connectivity index (χ2n) is 6.99. The summed E-state index contributed by atoms with van der Waals surface area (Å²) in [7, 11) is 2.26. The van der Waals surface area contributed by atoms with Crippen LogP contribution in [0.3, 0.4) is 0 Å². The molecule has 4 rings (SSSR count). The van der Waals surface area contributed by atoms with Crippen LogP contribution in [0.15, 0.2) is 53.3 Å². The van der Waals surface area contributed by atoms with Crippen LogP contribution in [0.4, 0.5) is 18.9 Å². The van der Waals surface area contributed by atoms with Crippen LogP contribution < -0.4 is 5.32 Å². The average Bonchev–Trinajstić information content (AvgIpc) is 3.52. The first kappa shape index (κ1) is 23.5. The summed E-state index contributed by atoms with van der Waals surface area (Å²) in [5, 5.41) is 6.09. The molecular formula is C22H15F3N4O6. The molecule has 3 heterocycles. The molecule has 0 aliphatic rings. The minimum Gasteiger partial charge on any atom is -0.465 e. The van der Waals surface area contributed by atoms with E-state index in [1.54, 1.807) is 0 Å². The lowest BCUT2D eigenvalue weighted by atomic mass is 10.1. The van der Waals surface area contributed by atoms with E-state index in [9.17, 15) is 27.6 Å². The number of esters is 2. The van der Waals surface area contributed by atoms with Crippen molar-refractivity contribution in [1.29, 1.82) is 0 Å². The number of anilines is 1. The molecule has 13 heteroatoms. The van der Waals surface area contributed by atoms with E-state index in [2.05, 4.69) is 24.9 Å². The van der Waals surface area contributed by atoms with E-state index in [-0.39, 0.29) is 33.8 Å². The van der Waals surface area contributed by atoms with Gasteiger partial charge < -0.3 is 19.2 Å². The molecule has 180 valence electrons. The van der Waals surface area contributed by atoms with Crippen molar-refractivity contribution in [3.63, 3.8) is 0 Å². The maximum absolute atomic E-state index is 13.7. The predicted octanol–water partition coefficient (Wildman–Crippen LogP) is 3.83. The van der Waals surface area contributed by atoms with E-state index in [1.807, 2.05) is 0 Å². The van der Waals surface area contributed by atoms with E-state index in [0.29, 0.717) is 4.52 Å². The number of carbonyl (C=O) groups excluding carboxylic acids is 3. The summed E-state index contributed by atoms with van der Waals surface area (Å²) in [6, 6.07) is 7.33. The number of fused-ring (bicyclic) bond motifs is 1. The Bertz CT molecular complexity index is 1440. The number of aromatic nitrogens is 3. The molecule has 3 aromatic heterocycles. The van der Waals surface area contributed by atoms with Crippen molar-refractivity contribution in [3.8, 4) is 11.5 Å². The van der Waals surface area contributed by atoms with Crippen LogP contribution in [0.5, 0.6) is 0 Å². The van der Waals surface area contributed by atoms with Crippen molar-refractivity contribution in [2.24, 2.45) is 0 Å². The van der Waals surface area contributed by atoms with Gasteiger partial charge in [-0.15, -0.1) is 0 Å². The summed E-state index contributed by atoms with van der Waals surface area (Å²) in [6.45, 7) is 0. The Kier molecular flexibility index (Phi) is 5.99. The Morgan fingerprint density at radius 2 is 1.77 bits per heavy atom. The number of hydrogen-bond donors (Lipinski definition) is 1. The topological polar surface area (TPSA) is 125 Å². The van der Waals surface area contributed by atoms with Crippen molar-refractivity contribution in [2.75, 3.05) is 19.5 Å². The molecule has 0 atom stereocenters. The van der Waals surface area contributed by atoms with Gasteiger partial charge in [-0.25, -0.2) is 19.1 Å². The number of methoxy groups -OCH3 is 2. The van der Waals surface area contributed by atoms with E-state index >= 15 is 0 Å². The molecule has 0 fully saturated rings. The zero-order chi connectivity index (χ0) is 25.3. The first-order chi connectivity index (χ1) is 16.6. The zero-order valence-corrected chi connectivity index (χ0v) is 18.0. The molecule has 1 N–H and O–H groups in total. The number of nitrogens with one attached hydrogen (secondary N) is 1. The smallest absolute Gasteiger partial charge is 0.433 e. The van der Waals surface area contributed by atoms with Gasteiger partial charge in [-0.3, -0.25) is 4.79 Å². The summed E-state index contributed by atoms with van der Waals surface area (Å²) < 4.78 is 56.1. The van der Waals surface area contributed by atoms with Gasteiger partial charge in [0.15, 0.2) is 17.1 Å². The lowest BCUT2D eigenvalue weighted by Gasteiger charge is -2.12. The van der Waals surface area contributed by atoms with Crippen molar-refractivity contribution in [3.05, 3.63) is 71.2 Å². The van der Waals surface area contributed by atoms with Gasteiger partial charge in [0.2, 0.25) is 0 Å². The van der Waals surface area contributed by atoms with Crippen LogP contribution in [0.25, 0.3) is 17.1 Å². The van der Waals surface area contributed by atoms with Crippen LogP contribution >= 0.6 is 0 Å². The third-order valence-electron chi connectivity index (χ3n) is 4.87. The quantitative estimate of drug-likeness (QED) is 0.420. The highest BCUT2D eigenvalue weighted by molar-refractivity contribution is 6.11. The van der Waals surface area contributed by atoms with E-state index < -0.39 is 35.4 Å². The first-order valence-electron chi connectivity index (χ1n) is 9.76. The highest BCUT2D eigenvalue weighted by Gasteiger charge is 2.36. The molecule has 0 saturated heterocycles. The van der Waals surface area contributed by atoms with Gasteiger partial charge in [-0.2, -0.15) is 18.3 Å². The number of ether oxygens (including phenoxy) is 2. The van der Waals surface area contributed by atoms with E-state index in [1.165, 1.54) is 36.6 Å². The fraction of sp³-hybridized carbons (Fsp3) is 0.136. The number of halogens is 3.